The Balaban J connectivity index is 1.41. The van der Waals surface area contributed by atoms with Gasteiger partial charge in [0.15, 0.2) is 0 Å². The van der Waals surface area contributed by atoms with Crippen molar-refractivity contribution in [3.63, 3.8) is 0 Å². The number of aromatic nitrogens is 4. The highest BCUT2D eigenvalue weighted by molar-refractivity contribution is 7.20. The number of fused-ring (bicyclic) bond motifs is 3. The maximum absolute atomic E-state index is 12.4. The Labute approximate surface area is 497 Å². The van der Waals surface area contributed by atoms with Gasteiger partial charge in [0.05, 0.1) is 59.3 Å². The number of nitrogens with zero attached hydrogens (tertiary/aromatic N) is 6. The second kappa shape index (κ2) is 24.2. The van der Waals surface area contributed by atoms with E-state index in [4.69, 9.17) is 24.2 Å². The lowest BCUT2D eigenvalue weighted by molar-refractivity contribution is 0.271. The fourth-order valence-corrected chi connectivity index (χ4v) is 13.0. The Bertz CT molecular complexity index is 4180. The lowest BCUT2D eigenvalue weighted by Crippen LogP contribution is -2.54. The smallest absolute Gasteiger partial charge is 0.328 e. The third-order valence-corrected chi connectivity index (χ3v) is 17.0. The summed E-state index contributed by atoms with van der Waals surface area (Å²) in [5.41, 5.74) is 9.82. The van der Waals surface area contributed by atoms with Gasteiger partial charge in [0.25, 0.3) is 0 Å². The van der Waals surface area contributed by atoms with E-state index in [9.17, 15) is 16.9 Å². The van der Waals surface area contributed by atoms with Gasteiger partial charge in [-0.3, -0.25) is 0 Å². The molecule has 0 aliphatic carbocycles. The molecule has 0 saturated carbocycles. The zero-order valence-electron chi connectivity index (χ0n) is 47.2. The second-order valence-electron chi connectivity index (χ2n) is 21.6. The summed E-state index contributed by atoms with van der Waals surface area (Å²) in [7, 11) is 1.64. The summed E-state index contributed by atoms with van der Waals surface area (Å²) in [5, 5.41) is 26.5. The van der Waals surface area contributed by atoms with Crippen molar-refractivity contribution in [2.75, 3.05) is 20.3 Å². The predicted molar refractivity (Wildman–Crippen MR) is 346 cm³/mol. The van der Waals surface area contributed by atoms with Crippen LogP contribution in [0.4, 0.5) is 0 Å². The van der Waals surface area contributed by atoms with E-state index in [1.807, 2.05) is 84.9 Å². The first-order valence-electron chi connectivity index (χ1n) is 28.1. The summed E-state index contributed by atoms with van der Waals surface area (Å²) in [5.74, 6) is 2.69. The zero-order valence-corrected chi connectivity index (χ0v) is 48.9. The molecule has 0 saturated heterocycles. The molecule has 12 aromatic rings. The molecule has 14 heteroatoms. The number of rotatable bonds is 18. The molecule has 4 aromatic heterocycles. The Morgan fingerprint density at radius 3 is 1.42 bits per heavy atom. The number of hydrogen-bond acceptors (Lipinski definition) is 9. The topological polar surface area (TPSA) is 112 Å². The molecule has 8 aromatic carbocycles. The first-order valence-corrected chi connectivity index (χ1v) is 29.7. The van der Waals surface area contributed by atoms with Gasteiger partial charge >= 0.3 is 13.7 Å². The van der Waals surface area contributed by atoms with E-state index in [1.165, 1.54) is 22.7 Å². The number of aliphatic hydroxyl groups excluding tert-OH is 1. The third-order valence-electron chi connectivity index (χ3n) is 14.9. The van der Waals surface area contributed by atoms with E-state index >= 15 is 0 Å². The predicted octanol–water partition coefficient (Wildman–Crippen LogP) is 11.7. The quantitative estimate of drug-likeness (QED) is 0.0673. The third kappa shape index (κ3) is 10.7. The van der Waals surface area contributed by atoms with Crippen LogP contribution in [0.15, 0.2) is 206 Å². The van der Waals surface area contributed by atoms with E-state index < -0.39 is 13.7 Å². The number of benzene rings is 8. The largest absolute Gasteiger partial charge is 0.497 e. The second-order valence-corrected chi connectivity index (χ2v) is 23.6. The SMILES string of the molecule is [C-]#[N+]/C(c1nc2cc(OC)ccc2s1)=c1\c2c(-c3ccc(OCC(C)C)cc3)n(B(c3ccccc3)c3ccccc3)/c(=C(/C#N)c3nc4cc(CO)ccc4s3)c2c(-c2ccc(OCC(C)C)cc2)n1B(c1ccccc1)c1ccccc1. The summed E-state index contributed by atoms with van der Waals surface area (Å²) in [6.07, 6.45) is 0. The van der Waals surface area contributed by atoms with Gasteiger partial charge in [0, 0.05) is 33.6 Å². The van der Waals surface area contributed by atoms with Crippen LogP contribution >= 0.6 is 22.7 Å². The lowest BCUT2D eigenvalue weighted by Gasteiger charge is -2.24. The summed E-state index contributed by atoms with van der Waals surface area (Å²) in [6.45, 7) is 18.0. The molecule has 0 amide bonds. The van der Waals surface area contributed by atoms with E-state index in [0.717, 1.165) is 76.0 Å². The number of nitriles is 1. The molecule has 0 spiro atoms. The van der Waals surface area contributed by atoms with Crippen molar-refractivity contribution in [3.8, 4) is 45.8 Å². The number of hydrogen-bond donors (Lipinski definition) is 1. The number of thiazole rings is 2. The van der Waals surface area contributed by atoms with Gasteiger partial charge in [0.2, 0.25) is 5.70 Å². The molecule has 0 fully saturated rings. The molecule has 0 unspecified atom stereocenters. The minimum absolute atomic E-state index is 0.158. The van der Waals surface area contributed by atoms with Crippen LogP contribution in [0.5, 0.6) is 17.2 Å². The van der Waals surface area contributed by atoms with Gasteiger partial charge in [-0.05, 0) is 101 Å². The fourth-order valence-electron chi connectivity index (χ4n) is 11.1. The van der Waals surface area contributed by atoms with Gasteiger partial charge in [-0.2, -0.15) is 5.26 Å². The average molecular weight is 1130 g/mol. The van der Waals surface area contributed by atoms with Crippen LogP contribution in [0.1, 0.15) is 43.3 Å². The summed E-state index contributed by atoms with van der Waals surface area (Å²) < 4.78 is 25.0. The maximum atomic E-state index is 12.4. The van der Waals surface area contributed by atoms with Crippen molar-refractivity contribution in [2.24, 2.45) is 11.8 Å². The Morgan fingerprint density at radius 2 is 0.976 bits per heavy atom. The molecule has 84 heavy (non-hydrogen) atoms. The summed E-state index contributed by atoms with van der Waals surface area (Å²) >= 11 is 2.90. The number of aliphatic hydroxyl groups is 1. The average Bonchev–Trinajstić information content (AvgIpc) is 1.94. The normalized spacial score (nSPS) is 12.2. The fraction of sp³-hybridized carbons (Fsp3) is 0.143. The van der Waals surface area contributed by atoms with E-state index in [1.54, 1.807) is 7.11 Å². The molecule has 1 N–H and O–H groups in total. The molecule has 0 aliphatic rings. The van der Waals surface area contributed by atoms with E-state index in [0.29, 0.717) is 79.4 Å². The van der Waals surface area contributed by atoms with Crippen LogP contribution in [0.25, 0.3) is 69.8 Å². The monoisotopic (exact) mass is 1130 g/mol. The van der Waals surface area contributed by atoms with Gasteiger partial charge in [0.1, 0.15) is 38.9 Å². The number of methoxy groups -OCH3 is 1. The Morgan fingerprint density at radius 1 is 0.560 bits per heavy atom. The molecule has 410 valence electrons. The van der Waals surface area contributed by atoms with Crippen LogP contribution in [-0.2, 0) is 6.61 Å². The van der Waals surface area contributed by atoms with Crippen LogP contribution in [0.2, 0.25) is 0 Å². The van der Waals surface area contributed by atoms with Crippen molar-refractivity contribution in [2.45, 2.75) is 34.3 Å². The molecular weight excluding hydrogens is 1070 g/mol. The minimum Gasteiger partial charge on any atom is -0.497 e. The van der Waals surface area contributed by atoms with Crippen molar-refractivity contribution in [3.05, 3.63) is 244 Å². The Kier molecular flexibility index (Phi) is 15.9. The molecular formula is C70H58B2N6O4S2. The first-order chi connectivity index (χ1) is 41.1. The highest BCUT2D eigenvalue weighted by atomic mass is 32.1. The van der Waals surface area contributed by atoms with Crippen molar-refractivity contribution in [1.29, 1.82) is 5.26 Å². The first kappa shape index (κ1) is 55.1. The van der Waals surface area contributed by atoms with Gasteiger partial charge in [-0.1, -0.05) is 177 Å². The highest BCUT2D eigenvalue weighted by Crippen LogP contribution is 2.39. The van der Waals surface area contributed by atoms with Gasteiger partial charge in [-0.15, -0.1) is 22.7 Å². The lowest BCUT2D eigenvalue weighted by atomic mass is 9.50. The minimum atomic E-state index is -0.563. The maximum Gasteiger partial charge on any atom is 0.328 e. The van der Waals surface area contributed by atoms with Crippen molar-refractivity contribution in [1.82, 2.24) is 18.9 Å². The van der Waals surface area contributed by atoms with Crippen molar-refractivity contribution >= 4 is 101 Å². The number of ether oxygens (including phenoxy) is 3. The highest BCUT2D eigenvalue weighted by Gasteiger charge is 2.38. The molecule has 10 nitrogen and oxygen atoms in total. The summed E-state index contributed by atoms with van der Waals surface area (Å²) in [4.78, 5) is 15.3. The van der Waals surface area contributed by atoms with E-state index in [2.05, 4.69) is 169 Å². The van der Waals surface area contributed by atoms with Gasteiger partial charge < -0.3 is 28.3 Å². The van der Waals surface area contributed by atoms with Crippen molar-refractivity contribution < 1.29 is 19.3 Å². The molecule has 0 bridgehead atoms. The Hall–Kier alpha value is -9.43. The van der Waals surface area contributed by atoms with Gasteiger partial charge in [-0.25, -0.2) is 14.8 Å². The molecule has 0 radical (unpaired) electrons. The van der Waals surface area contributed by atoms with Crippen LogP contribution in [0.3, 0.4) is 0 Å². The van der Waals surface area contributed by atoms with Crippen LogP contribution in [0, 0.1) is 29.7 Å². The van der Waals surface area contributed by atoms with E-state index in [-0.39, 0.29) is 6.61 Å². The van der Waals surface area contributed by atoms with Crippen LogP contribution in [-0.4, -0.2) is 58.0 Å². The molecule has 0 aliphatic heterocycles. The van der Waals surface area contributed by atoms with Crippen LogP contribution < -0.4 is 46.8 Å². The summed E-state index contributed by atoms with van der Waals surface area (Å²) in [6, 6.07) is 72.6. The molecule has 0 atom stereocenters. The molecule has 12 rings (SSSR count). The standard InChI is InChI=1S/C70H58B2N6O4S2/c1-45(2)43-81-54-32-28-48(29-33-54)65-62-63(68(64(74-5)70-76-59-40-56(80-6)36-38-61(59)84-70)78(65)72(52-23-15-9-16-24-52)53-25-17-10-18-26-53)66(49-30-34-55(35-31-49)82-44-46(3)4)77(71(50-19-11-7-12-20-50)51-21-13-8-14-22-51)67(62)57(41-73)69-75-58-39-47(42-79)27-37-60(58)83-69/h7-40,45-46,79H,42-44H2,1-4,6H3/b67-57-,68-64+. The zero-order chi connectivity index (χ0) is 57.8. The molecule has 4 heterocycles.